The Morgan fingerprint density at radius 2 is 2.12 bits per heavy atom. The van der Waals surface area contributed by atoms with Crippen LogP contribution in [-0.2, 0) is 11.8 Å². The first-order valence-electron chi connectivity index (χ1n) is 8.68. The minimum Gasteiger partial charge on any atom is -0.373 e. The van der Waals surface area contributed by atoms with Crippen molar-refractivity contribution in [2.24, 2.45) is 13.0 Å². The Labute approximate surface area is 147 Å². The Morgan fingerprint density at radius 1 is 1.36 bits per heavy atom. The second kappa shape index (κ2) is 7.22. The molecule has 1 fully saturated rings. The van der Waals surface area contributed by atoms with Crippen LogP contribution in [-0.4, -0.2) is 22.9 Å². The molecule has 1 saturated heterocycles. The summed E-state index contributed by atoms with van der Waals surface area (Å²) in [4.78, 5) is 0. The van der Waals surface area contributed by atoms with Crippen LogP contribution in [0.25, 0.3) is 0 Å². The van der Waals surface area contributed by atoms with Gasteiger partial charge in [0.2, 0.25) is 0 Å². The fraction of sp³-hybridized carbons (Fsp3) is 0.526. The van der Waals surface area contributed by atoms with Gasteiger partial charge in [-0.2, -0.15) is 5.10 Å². The predicted octanol–water partition coefficient (Wildman–Crippen LogP) is 3.74. The number of nitrogens with zero attached hydrogens (tertiary/aromatic N) is 2. The summed E-state index contributed by atoms with van der Waals surface area (Å²) in [6.07, 6.45) is 0.954. The van der Waals surface area contributed by atoms with Crippen LogP contribution in [0.1, 0.15) is 48.0 Å². The third kappa shape index (κ3) is 3.60. The van der Waals surface area contributed by atoms with Crippen LogP contribution in [0, 0.1) is 31.4 Å². The van der Waals surface area contributed by atoms with Crippen molar-refractivity contribution < 1.29 is 13.5 Å². The van der Waals surface area contributed by atoms with Gasteiger partial charge in [-0.3, -0.25) is 4.68 Å². The highest BCUT2D eigenvalue weighted by Gasteiger charge is 2.33. The van der Waals surface area contributed by atoms with E-state index in [0.29, 0.717) is 24.6 Å². The van der Waals surface area contributed by atoms with Gasteiger partial charge in [0.25, 0.3) is 0 Å². The summed E-state index contributed by atoms with van der Waals surface area (Å²) in [5.41, 5.74) is 3.75. The van der Waals surface area contributed by atoms with E-state index >= 15 is 0 Å². The molecule has 0 saturated carbocycles. The molecule has 0 bridgehead atoms. The summed E-state index contributed by atoms with van der Waals surface area (Å²) in [6, 6.07) is 3.52. The number of halogens is 2. The topological polar surface area (TPSA) is 39.1 Å². The monoisotopic (exact) mass is 349 g/mol. The molecular formula is C19H25F2N3O. The second-order valence-electron chi connectivity index (χ2n) is 6.84. The van der Waals surface area contributed by atoms with E-state index in [2.05, 4.69) is 17.3 Å². The molecule has 0 radical (unpaired) electrons. The molecule has 0 aliphatic carbocycles. The first kappa shape index (κ1) is 18.0. The summed E-state index contributed by atoms with van der Waals surface area (Å²) in [5, 5.41) is 7.86. The van der Waals surface area contributed by atoms with Gasteiger partial charge in [0.1, 0.15) is 11.6 Å². The van der Waals surface area contributed by atoms with E-state index in [4.69, 9.17) is 4.74 Å². The van der Waals surface area contributed by atoms with Crippen LogP contribution in [0.5, 0.6) is 0 Å². The van der Waals surface area contributed by atoms with Gasteiger partial charge in [0.05, 0.1) is 11.8 Å². The van der Waals surface area contributed by atoms with Crippen LogP contribution in [0.4, 0.5) is 8.78 Å². The number of hydrogen-bond donors (Lipinski definition) is 1. The van der Waals surface area contributed by atoms with Gasteiger partial charge in [0.15, 0.2) is 0 Å². The van der Waals surface area contributed by atoms with Gasteiger partial charge >= 0.3 is 0 Å². The molecule has 0 unspecified atom stereocenters. The standard InChI is InChI=1S/C19H25F2N3O/c1-11(16-6-5-15(20)9-17(16)21)22-10-14-7-8-25-19(14)18-12(2)23-24(4)13(18)3/h5-6,9,11,14,19,22H,7-8,10H2,1-4H3/t11-,14-,19-/m1/s1. The maximum Gasteiger partial charge on any atom is 0.130 e. The maximum absolute atomic E-state index is 13.9. The lowest BCUT2D eigenvalue weighted by atomic mass is 9.93. The Kier molecular flexibility index (Phi) is 5.20. The number of ether oxygens (including phenoxy) is 1. The number of aromatic nitrogens is 2. The second-order valence-corrected chi connectivity index (χ2v) is 6.84. The zero-order chi connectivity index (χ0) is 18.1. The van der Waals surface area contributed by atoms with Crippen molar-refractivity contribution >= 4 is 0 Å². The van der Waals surface area contributed by atoms with Crippen molar-refractivity contribution in [3.63, 3.8) is 0 Å². The van der Waals surface area contributed by atoms with E-state index in [1.807, 2.05) is 25.6 Å². The highest BCUT2D eigenvalue weighted by atomic mass is 19.1. The molecule has 1 N–H and O–H groups in total. The van der Waals surface area contributed by atoms with Crippen LogP contribution in [0.3, 0.4) is 0 Å². The first-order chi connectivity index (χ1) is 11.9. The lowest BCUT2D eigenvalue weighted by Crippen LogP contribution is -2.28. The zero-order valence-corrected chi connectivity index (χ0v) is 15.1. The van der Waals surface area contributed by atoms with Gasteiger partial charge < -0.3 is 10.1 Å². The summed E-state index contributed by atoms with van der Waals surface area (Å²) >= 11 is 0. The molecule has 0 spiro atoms. The lowest BCUT2D eigenvalue weighted by molar-refractivity contribution is 0.0888. The Morgan fingerprint density at radius 3 is 2.76 bits per heavy atom. The molecule has 25 heavy (non-hydrogen) atoms. The summed E-state index contributed by atoms with van der Waals surface area (Å²) < 4.78 is 34.9. The van der Waals surface area contributed by atoms with Crippen LogP contribution in [0.15, 0.2) is 18.2 Å². The zero-order valence-electron chi connectivity index (χ0n) is 15.1. The van der Waals surface area contributed by atoms with Crippen LogP contribution in [0.2, 0.25) is 0 Å². The Hall–Kier alpha value is -1.79. The van der Waals surface area contributed by atoms with Gasteiger partial charge in [-0.15, -0.1) is 0 Å². The van der Waals surface area contributed by atoms with Crippen molar-refractivity contribution in [3.05, 3.63) is 52.3 Å². The van der Waals surface area contributed by atoms with E-state index in [9.17, 15) is 8.78 Å². The first-order valence-corrected chi connectivity index (χ1v) is 8.68. The quantitative estimate of drug-likeness (QED) is 0.894. The molecule has 0 amide bonds. The highest BCUT2D eigenvalue weighted by Crippen LogP contribution is 2.37. The van der Waals surface area contributed by atoms with Crippen molar-refractivity contribution in [2.45, 2.75) is 39.3 Å². The van der Waals surface area contributed by atoms with Gasteiger partial charge in [-0.25, -0.2) is 8.78 Å². The molecule has 4 nitrogen and oxygen atoms in total. The van der Waals surface area contributed by atoms with E-state index in [-0.39, 0.29) is 12.1 Å². The largest absolute Gasteiger partial charge is 0.373 e. The summed E-state index contributed by atoms with van der Waals surface area (Å²) in [7, 11) is 1.94. The smallest absolute Gasteiger partial charge is 0.130 e. The van der Waals surface area contributed by atoms with Crippen LogP contribution >= 0.6 is 0 Å². The SMILES string of the molecule is Cc1nn(C)c(C)c1[C@@H]1OCC[C@@H]1CN[C@H](C)c1ccc(F)cc1F. The molecule has 136 valence electrons. The van der Waals surface area contributed by atoms with E-state index in [1.54, 1.807) is 0 Å². The average Bonchev–Trinajstić information content (AvgIpc) is 3.09. The molecule has 2 heterocycles. The van der Waals surface area contributed by atoms with Gasteiger partial charge in [-0.05, 0) is 33.3 Å². The lowest BCUT2D eigenvalue weighted by Gasteiger charge is -2.22. The third-order valence-electron chi connectivity index (χ3n) is 5.18. The maximum atomic E-state index is 13.9. The fourth-order valence-electron chi connectivity index (χ4n) is 3.65. The molecular weight excluding hydrogens is 324 g/mol. The van der Waals surface area contributed by atoms with E-state index in [1.165, 1.54) is 12.1 Å². The van der Waals surface area contributed by atoms with Crippen molar-refractivity contribution in [2.75, 3.05) is 13.2 Å². The normalized spacial score (nSPS) is 21.7. The van der Waals surface area contributed by atoms with Gasteiger partial charge in [0, 0.05) is 55.0 Å². The number of aryl methyl sites for hydroxylation is 2. The highest BCUT2D eigenvalue weighted by molar-refractivity contribution is 5.28. The van der Waals surface area contributed by atoms with E-state index in [0.717, 1.165) is 29.4 Å². The van der Waals surface area contributed by atoms with Gasteiger partial charge in [-0.1, -0.05) is 6.07 Å². The Bertz CT molecular complexity index is 759. The predicted molar refractivity (Wildman–Crippen MR) is 92.3 cm³/mol. The summed E-state index contributed by atoms with van der Waals surface area (Å²) in [5.74, 6) is -0.772. The molecule has 2 aromatic rings. The summed E-state index contributed by atoms with van der Waals surface area (Å²) in [6.45, 7) is 7.37. The molecule has 6 heteroatoms. The minimum atomic E-state index is -0.555. The number of benzene rings is 1. The molecule has 1 aliphatic heterocycles. The molecule has 1 aliphatic rings. The molecule has 1 aromatic heterocycles. The minimum absolute atomic E-state index is 0.00599. The van der Waals surface area contributed by atoms with Crippen molar-refractivity contribution in [1.29, 1.82) is 0 Å². The van der Waals surface area contributed by atoms with Crippen molar-refractivity contribution in [1.82, 2.24) is 15.1 Å². The Balaban J connectivity index is 1.69. The van der Waals surface area contributed by atoms with Crippen LogP contribution < -0.4 is 5.32 Å². The fourth-order valence-corrected chi connectivity index (χ4v) is 3.65. The average molecular weight is 349 g/mol. The molecule has 3 rings (SSSR count). The van der Waals surface area contributed by atoms with Crippen molar-refractivity contribution in [3.8, 4) is 0 Å². The molecule has 1 aromatic carbocycles. The number of rotatable bonds is 5. The van der Waals surface area contributed by atoms with E-state index < -0.39 is 11.6 Å². The number of nitrogens with one attached hydrogen (secondary N) is 1. The third-order valence-corrected chi connectivity index (χ3v) is 5.18. The number of hydrogen-bond acceptors (Lipinski definition) is 3. The molecule has 3 atom stereocenters.